The predicted octanol–water partition coefficient (Wildman–Crippen LogP) is 17.5. The van der Waals surface area contributed by atoms with Crippen LogP contribution >= 0.6 is 79.4 Å². The molecule has 0 spiro atoms. The summed E-state index contributed by atoms with van der Waals surface area (Å²) < 4.78 is 9.37. The van der Waals surface area contributed by atoms with Gasteiger partial charge in [-0.15, -0.1) is 79.4 Å². The van der Waals surface area contributed by atoms with Crippen LogP contribution in [0.25, 0.3) is 113 Å². The number of hydrogen-bond donors (Lipinski definition) is 0. The average molecular weight is 817 g/mol. The Bertz CT molecular complexity index is 3110. The smallest absolute Gasteiger partial charge is 0.143 e. The van der Waals surface area contributed by atoms with Gasteiger partial charge in [0.1, 0.15) is 11.2 Å². The number of benzene rings is 4. The zero-order valence-electron chi connectivity index (χ0n) is 28.1. The molecule has 8 aromatic heterocycles. The topological polar surface area (TPSA) is 13.1 Å². The molecule has 0 aliphatic carbocycles. The van der Waals surface area contributed by atoms with E-state index in [4.69, 9.17) is 4.42 Å². The van der Waals surface area contributed by atoms with Crippen molar-refractivity contribution >= 4 is 132 Å². The fourth-order valence-corrected chi connectivity index (χ4v) is 14.6. The molecule has 0 aliphatic rings. The number of fused-ring (bicyclic) bond motifs is 9. The quantitative estimate of drug-likeness (QED) is 0.163. The predicted molar refractivity (Wildman–Crippen MR) is 244 cm³/mol. The third-order valence-corrected chi connectivity index (χ3v) is 18.2. The van der Waals surface area contributed by atoms with E-state index in [1.807, 2.05) is 56.7 Å². The van der Waals surface area contributed by atoms with Gasteiger partial charge in [-0.2, -0.15) is 0 Å². The van der Waals surface area contributed by atoms with Crippen molar-refractivity contribution in [2.45, 2.75) is 0 Å². The summed E-state index contributed by atoms with van der Waals surface area (Å²) in [5, 5.41) is 11.7. The summed E-state index contributed by atoms with van der Waals surface area (Å²) in [4.78, 5) is 13.2. The van der Waals surface area contributed by atoms with Crippen LogP contribution in [0.2, 0.25) is 0 Å². The van der Waals surface area contributed by atoms with E-state index in [1.165, 1.54) is 96.2 Å². The van der Waals surface area contributed by atoms with Crippen molar-refractivity contribution in [3.8, 4) is 59.9 Å². The molecule has 0 saturated carbocycles. The van der Waals surface area contributed by atoms with E-state index in [0.29, 0.717) is 0 Å². The molecule has 0 aliphatic heterocycles. The van der Waals surface area contributed by atoms with Gasteiger partial charge in [-0.25, -0.2) is 0 Å². The highest BCUT2D eigenvalue weighted by molar-refractivity contribution is 7.28. The van der Waals surface area contributed by atoms with Gasteiger partial charge in [0.05, 0.1) is 0 Å². The number of thiophene rings is 7. The maximum absolute atomic E-state index is 6.74. The Morgan fingerprint density at radius 3 is 1.35 bits per heavy atom. The fraction of sp³-hybridized carbons (Fsp3) is 0. The molecule has 12 aromatic rings. The van der Waals surface area contributed by atoms with Crippen LogP contribution in [0, 0.1) is 0 Å². The molecular formula is C46H24OS7. The number of hydrogen-bond acceptors (Lipinski definition) is 8. The molecule has 4 aromatic carbocycles. The van der Waals surface area contributed by atoms with E-state index in [0.717, 1.165) is 16.6 Å². The van der Waals surface area contributed by atoms with Crippen LogP contribution in [0.4, 0.5) is 0 Å². The SMILES string of the molecule is c1csc(-c2ccc(-c3ccc(-c4ccc5c(c4)oc4c5ccc5c4ccc4c6ccc(-c7ccc(-c8ccc(-c9cccs9)s8)s7)cc6sc45)s3)s2)c1. The first kappa shape index (κ1) is 31.7. The lowest BCUT2D eigenvalue weighted by molar-refractivity contribution is 0.673. The van der Waals surface area contributed by atoms with E-state index in [2.05, 4.69) is 144 Å². The van der Waals surface area contributed by atoms with Gasteiger partial charge >= 0.3 is 0 Å². The van der Waals surface area contributed by atoms with Gasteiger partial charge in [-0.3, -0.25) is 0 Å². The second-order valence-electron chi connectivity index (χ2n) is 13.2. The van der Waals surface area contributed by atoms with Crippen molar-refractivity contribution in [3.05, 3.63) is 144 Å². The molecule has 1 nitrogen and oxygen atoms in total. The van der Waals surface area contributed by atoms with Gasteiger partial charge in [0.25, 0.3) is 0 Å². The molecule has 256 valence electrons. The molecule has 54 heavy (non-hydrogen) atoms. The molecule has 8 heterocycles. The van der Waals surface area contributed by atoms with E-state index < -0.39 is 0 Å². The zero-order valence-corrected chi connectivity index (χ0v) is 33.8. The Kier molecular flexibility index (Phi) is 7.30. The van der Waals surface area contributed by atoms with Crippen LogP contribution in [0.15, 0.2) is 149 Å². The Morgan fingerprint density at radius 1 is 0.333 bits per heavy atom. The molecule has 0 radical (unpaired) electrons. The van der Waals surface area contributed by atoms with Crippen LogP contribution in [0.1, 0.15) is 0 Å². The summed E-state index contributed by atoms with van der Waals surface area (Å²) in [6.45, 7) is 0. The first-order valence-electron chi connectivity index (χ1n) is 17.4. The highest BCUT2D eigenvalue weighted by Crippen LogP contribution is 2.47. The highest BCUT2D eigenvalue weighted by Gasteiger charge is 2.17. The molecule has 12 rings (SSSR count). The summed E-state index contributed by atoms with van der Waals surface area (Å²) in [6.07, 6.45) is 0. The van der Waals surface area contributed by atoms with Crippen LogP contribution in [-0.2, 0) is 0 Å². The molecule has 0 bridgehead atoms. The standard InChI is InChI=1S/C46H24OS7/c1-3-36(48-21-1)38-17-19-42(52-38)40-15-13-34(50-40)25-5-7-27-29-9-12-32-30(45(29)47-33(27)23-25)10-11-31-28-8-6-26(24-44(28)54-46(31)32)35-14-16-41(51-35)43-20-18-39(53-43)37-4-2-22-49-37/h1-24H. The molecule has 0 amide bonds. The van der Waals surface area contributed by atoms with Crippen molar-refractivity contribution < 1.29 is 4.42 Å². The third-order valence-electron chi connectivity index (χ3n) is 10.1. The van der Waals surface area contributed by atoms with Gasteiger partial charge in [-0.1, -0.05) is 42.5 Å². The normalized spacial score (nSPS) is 12.1. The first-order valence-corrected chi connectivity index (χ1v) is 23.3. The van der Waals surface area contributed by atoms with Gasteiger partial charge in [0.15, 0.2) is 0 Å². The monoisotopic (exact) mass is 816 g/mol. The fourth-order valence-electron chi connectivity index (χ4n) is 7.47. The zero-order chi connectivity index (χ0) is 35.3. The summed E-state index contributed by atoms with van der Waals surface area (Å²) >= 11 is 13.0. The van der Waals surface area contributed by atoms with Crippen LogP contribution in [-0.4, -0.2) is 0 Å². The highest BCUT2D eigenvalue weighted by atomic mass is 32.1. The summed E-state index contributed by atoms with van der Waals surface area (Å²) in [7, 11) is 0. The summed E-state index contributed by atoms with van der Waals surface area (Å²) in [6, 6.07) is 49.5. The first-order chi connectivity index (χ1) is 26.7. The van der Waals surface area contributed by atoms with E-state index in [9.17, 15) is 0 Å². The maximum atomic E-state index is 6.74. The molecule has 0 atom stereocenters. The van der Waals surface area contributed by atoms with Gasteiger partial charge in [0, 0.05) is 90.5 Å². The molecule has 0 N–H and O–H groups in total. The summed E-state index contributed by atoms with van der Waals surface area (Å²) in [5.74, 6) is 0. The van der Waals surface area contributed by atoms with Crippen molar-refractivity contribution in [2.24, 2.45) is 0 Å². The molecule has 8 heteroatoms. The van der Waals surface area contributed by atoms with Gasteiger partial charge < -0.3 is 4.42 Å². The van der Waals surface area contributed by atoms with E-state index in [-0.39, 0.29) is 0 Å². The molecule has 0 unspecified atom stereocenters. The average Bonchev–Trinajstić information content (AvgIpc) is 4.06. The maximum Gasteiger partial charge on any atom is 0.143 e. The van der Waals surface area contributed by atoms with Crippen LogP contribution in [0.3, 0.4) is 0 Å². The second-order valence-corrected chi connectivity index (χ2v) is 20.5. The minimum atomic E-state index is 0.933. The Morgan fingerprint density at radius 2 is 0.778 bits per heavy atom. The lowest BCUT2D eigenvalue weighted by atomic mass is 10.0. The van der Waals surface area contributed by atoms with Gasteiger partial charge in [0.2, 0.25) is 0 Å². The second kappa shape index (κ2) is 12.4. The van der Waals surface area contributed by atoms with Crippen molar-refractivity contribution in [3.63, 3.8) is 0 Å². The van der Waals surface area contributed by atoms with Crippen LogP contribution < -0.4 is 0 Å². The van der Waals surface area contributed by atoms with Crippen molar-refractivity contribution in [1.82, 2.24) is 0 Å². The Hall–Kier alpha value is -4.64. The minimum absolute atomic E-state index is 0.933. The van der Waals surface area contributed by atoms with Crippen molar-refractivity contribution in [2.75, 3.05) is 0 Å². The Balaban J connectivity index is 0.883. The molecule has 0 saturated heterocycles. The van der Waals surface area contributed by atoms with E-state index in [1.54, 1.807) is 22.7 Å². The lowest BCUT2D eigenvalue weighted by Gasteiger charge is -2.01. The minimum Gasteiger partial charge on any atom is -0.455 e. The summed E-state index contributed by atoms with van der Waals surface area (Å²) in [5.41, 5.74) is 4.36. The Labute approximate surface area is 337 Å². The molecular weight excluding hydrogens is 793 g/mol. The molecule has 0 fully saturated rings. The lowest BCUT2D eigenvalue weighted by Crippen LogP contribution is -1.75. The van der Waals surface area contributed by atoms with Crippen molar-refractivity contribution in [1.29, 1.82) is 0 Å². The third kappa shape index (κ3) is 5.09. The van der Waals surface area contributed by atoms with Gasteiger partial charge in [-0.05, 0) is 113 Å². The number of rotatable bonds is 6. The largest absolute Gasteiger partial charge is 0.455 e. The van der Waals surface area contributed by atoms with E-state index >= 15 is 0 Å². The van der Waals surface area contributed by atoms with Crippen LogP contribution in [0.5, 0.6) is 0 Å². The number of furan rings is 1.